The number of amides is 1. The Bertz CT molecular complexity index is 416. The summed E-state index contributed by atoms with van der Waals surface area (Å²) in [7, 11) is 0. The monoisotopic (exact) mass is 263 g/mol. The molecule has 104 valence electrons. The van der Waals surface area contributed by atoms with Crippen LogP contribution in [0.1, 0.15) is 44.3 Å². The highest BCUT2D eigenvalue weighted by Crippen LogP contribution is 2.21. The third kappa shape index (κ3) is 3.70. The van der Waals surface area contributed by atoms with Crippen LogP contribution in [0.25, 0.3) is 0 Å². The van der Waals surface area contributed by atoms with Gasteiger partial charge in [0.1, 0.15) is 5.75 Å². The lowest BCUT2D eigenvalue weighted by Crippen LogP contribution is -2.36. The maximum absolute atomic E-state index is 11.8. The van der Waals surface area contributed by atoms with E-state index in [9.17, 15) is 9.90 Å². The Morgan fingerprint density at radius 3 is 2.79 bits per heavy atom. The van der Waals surface area contributed by atoms with Crippen LogP contribution in [0.15, 0.2) is 24.3 Å². The number of hydrogen-bond donors (Lipinski definition) is 2. The van der Waals surface area contributed by atoms with Gasteiger partial charge in [-0.25, -0.2) is 0 Å². The summed E-state index contributed by atoms with van der Waals surface area (Å²) >= 11 is 0. The van der Waals surface area contributed by atoms with Crippen molar-refractivity contribution in [1.29, 1.82) is 0 Å². The predicted molar refractivity (Wildman–Crippen MR) is 73.0 cm³/mol. The molecule has 0 spiro atoms. The molecule has 0 saturated carbocycles. The van der Waals surface area contributed by atoms with E-state index in [4.69, 9.17) is 4.74 Å². The van der Waals surface area contributed by atoms with Gasteiger partial charge in [0.2, 0.25) is 0 Å². The normalized spacial score (nSPS) is 21.4. The molecule has 0 aliphatic carbocycles. The fourth-order valence-electron chi connectivity index (χ4n) is 2.19. The van der Waals surface area contributed by atoms with Crippen molar-refractivity contribution < 1.29 is 14.6 Å². The molecule has 0 radical (unpaired) electrons. The summed E-state index contributed by atoms with van der Waals surface area (Å²) in [6, 6.07) is 7.31. The minimum absolute atomic E-state index is 0.0323. The SMILES string of the molecule is CC[C@H](O)c1ccc(OC2CCCCNC2=O)cc1. The third-order valence-electron chi connectivity index (χ3n) is 3.41. The van der Waals surface area contributed by atoms with Gasteiger partial charge in [0.05, 0.1) is 6.10 Å². The second-order valence-corrected chi connectivity index (χ2v) is 4.89. The number of aliphatic hydroxyl groups is 1. The van der Waals surface area contributed by atoms with Crippen LogP contribution in [-0.4, -0.2) is 23.7 Å². The van der Waals surface area contributed by atoms with Crippen LogP contribution in [0.4, 0.5) is 0 Å². The topological polar surface area (TPSA) is 58.6 Å². The Morgan fingerprint density at radius 2 is 2.11 bits per heavy atom. The molecule has 2 rings (SSSR count). The van der Waals surface area contributed by atoms with Gasteiger partial charge in [0, 0.05) is 6.54 Å². The Hall–Kier alpha value is -1.55. The predicted octanol–water partition coefficient (Wildman–Crippen LogP) is 2.18. The summed E-state index contributed by atoms with van der Waals surface area (Å²) in [4.78, 5) is 11.8. The molecule has 0 bridgehead atoms. The maximum Gasteiger partial charge on any atom is 0.261 e. The highest BCUT2D eigenvalue weighted by molar-refractivity contribution is 5.81. The van der Waals surface area contributed by atoms with E-state index in [1.807, 2.05) is 31.2 Å². The largest absolute Gasteiger partial charge is 0.481 e. The molecule has 0 aromatic heterocycles. The molecule has 1 aromatic carbocycles. The quantitative estimate of drug-likeness (QED) is 0.875. The number of carbonyl (C=O) groups is 1. The number of carbonyl (C=O) groups excluding carboxylic acids is 1. The second kappa shape index (κ2) is 6.57. The van der Waals surface area contributed by atoms with Gasteiger partial charge in [-0.1, -0.05) is 19.1 Å². The molecule has 1 aromatic rings. The van der Waals surface area contributed by atoms with Crippen LogP contribution in [0, 0.1) is 0 Å². The number of ether oxygens (including phenoxy) is 1. The molecule has 19 heavy (non-hydrogen) atoms. The molecule has 1 unspecified atom stereocenters. The fraction of sp³-hybridized carbons (Fsp3) is 0.533. The van der Waals surface area contributed by atoms with Crippen LogP contribution < -0.4 is 10.1 Å². The van der Waals surface area contributed by atoms with Crippen molar-refractivity contribution >= 4 is 5.91 Å². The maximum atomic E-state index is 11.8. The first-order chi connectivity index (χ1) is 9.20. The summed E-state index contributed by atoms with van der Waals surface area (Å²) in [5, 5.41) is 12.6. The number of hydrogen-bond acceptors (Lipinski definition) is 3. The minimum atomic E-state index is -0.435. The fourth-order valence-corrected chi connectivity index (χ4v) is 2.19. The van der Waals surface area contributed by atoms with Crippen molar-refractivity contribution in [2.24, 2.45) is 0 Å². The summed E-state index contributed by atoms with van der Waals surface area (Å²) in [5.41, 5.74) is 0.875. The zero-order valence-electron chi connectivity index (χ0n) is 11.3. The van der Waals surface area contributed by atoms with Crippen LogP contribution in [0.3, 0.4) is 0 Å². The number of rotatable bonds is 4. The van der Waals surface area contributed by atoms with Crippen molar-refractivity contribution in [3.8, 4) is 5.75 Å². The summed E-state index contributed by atoms with van der Waals surface area (Å²) in [5.74, 6) is 0.643. The summed E-state index contributed by atoms with van der Waals surface area (Å²) < 4.78 is 5.72. The molecular formula is C15H21NO3. The van der Waals surface area contributed by atoms with E-state index in [1.54, 1.807) is 0 Å². The molecule has 1 fully saturated rings. The van der Waals surface area contributed by atoms with Crippen LogP contribution in [0.2, 0.25) is 0 Å². The molecule has 1 saturated heterocycles. The van der Waals surface area contributed by atoms with Gasteiger partial charge < -0.3 is 15.2 Å². The molecule has 1 aliphatic heterocycles. The number of nitrogens with one attached hydrogen (secondary N) is 1. The van der Waals surface area contributed by atoms with Crippen molar-refractivity contribution in [3.05, 3.63) is 29.8 Å². The molecule has 1 amide bonds. The summed E-state index contributed by atoms with van der Waals surface area (Å²) in [6.07, 6.45) is 2.61. The van der Waals surface area contributed by atoms with Crippen molar-refractivity contribution in [3.63, 3.8) is 0 Å². The highest BCUT2D eigenvalue weighted by atomic mass is 16.5. The standard InChI is InChI=1S/C15H21NO3/c1-2-13(17)11-6-8-12(9-7-11)19-14-5-3-4-10-16-15(14)18/h6-9,13-14,17H,2-5,10H2,1H3,(H,16,18)/t13-,14?/m0/s1. The van der Waals surface area contributed by atoms with E-state index in [2.05, 4.69) is 5.32 Å². The molecule has 4 heteroatoms. The Morgan fingerprint density at radius 1 is 1.37 bits per heavy atom. The van der Waals surface area contributed by atoms with Gasteiger partial charge in [0.25, 0.3) is 5.91 Å². The average molecular weight is 263 g/mol. The van der Waals surface area contributed by atoms with Crippen molar-refractivity contribution in [2.75, 3.05) is 6.54 Å². The van der Waals surface area contributed by atoms with E-state index < -0.39 is 12.2 Å². The average Bonchev–Trinajstić information content (AvgIpc) is 2.64. The second-order valence-electron chi connectivity index (χ2n) is 4.89. The molecule has 1 aliphatic rings. The van der Waals surface area contributed by atoms with Crippen molar-refractivity contribution in [1.82, 2.24) is 5.32 Å². The third-order valence-corrected chi connectivity index (χ3v) is 3.41. The van der Waals surface area contributed by atoms with E-state index >= 15 is 0 Å². The van der Waals surface area contributed by atoms with Gasteiger partial charge in [-0.2, -0.15) is 0 Å². The van der Waals surface area contributed by atoms with E-state index in [0.717, 1.165) is 31.4 Å². The molecular weight excluding hydrogens is 242 g/mol. The number of aliphatic hydroxyl groups excluding tert-OH is 1. The molecule has 1 heterocycles. The van der Waals surface area contributed by atoms with E-state index in [0.29, 0.717) is 12.2 Å². The lowest BCUT2D eigenvalue weighted by atomic mass is 10.1. The van der Waals surface area contributed by atoms with E-state index in [-0.39, 0.29) is 5.91 Å². The van der Waals surface area contributed by atoms with Gasteiger partial charge in [-0.05, 0) is 43.4 Å². The van der Waals surface area contributed by atoms with E-state index in [1.165, 1.54) is 0 Å². The first kappa shape index (κ1) is 13.9. The minimum Gasteiger partial charge on any atom is -0.481 e. The van der Waals surface area contributed by atoms with Gasteiger partial charge >= 0.3 is 0 Å². The molecule has 2 atom stereocenters. The molecule has 2 N–H and O–H groups in total. The zero-order chi connectivity index (χ0) is 13.7. The highest BCUT2D eigenvalue weighted by Gasteiger charge is 2.22. The lowest BCUT2D eigenvalue weighted by molar-refractivity contribution is -0.127. The van der Waals surface area contributed by atoms with Gasteiger partial charge in [-0.3, -0.25) is 4.79 Å². The van der Waals surface area contributed by atoms with Gasteiger partial charge in [0.15, 0.2) is 6.10 Å². The smallest absolute Gasteiger partial charge is 0.261 e. The number of benzene rings is 1. The van der Waals surface area contributed by atoms with Gasteiger partial charge in [-0.15, -0.1) is 0 Å². The molecule has 4 nitrogen and oxygen atoms in total. The van der Waals surface area contributed by atoms with Crippen molar-refractivity contribution in [2.45, 2.75) is 44.8 Å². The van der Waals surface area contributed by atoms with Crippen LogP contribution in [0.5, 0.6) is 5.75 Å². The first-order valence-corrected chi connectivity index (χ1v) is 6.93. The van der Waals surface area contributed by atoms with Crippen LogP contribution >= 0.6 is 0 Å². The Kier molecular flexibility index (Phi) is 4.80. The zero-order valence-corrected chi connectivity index (χ0v) is 11.3. The lowest BCUT2D eigenvalue weighted by Gasteiger charge is -2.16. The first-order valence-electron chi connectivity index (χ1n) is 6.93. The van der Waals surface area contributed by atoms with Crippen LogP contribution in [-0.2, 0) is 4.79 Å². The Balaban J connectivity index is 2.00. The Labute approximate surface area is 113 Å². The summed E-state index contributed by atoms with van der Waals surface area (Å²) in [6.45, 7) is 2.67.